The number of aliphatic hydroxyl groups excluding tert-OH is 1. The highest BCUT2D eigenvalue weighted by Gasteiger charge is 2.09. The van der Waals surface area contributed by atoms with E-state index in [9.17, 15) is 9.90 Å². The van der Waals surface area contributed by atoms with Gasteiger partial charge >= 0.3 is 0 Å². The van der Waals surface area contributed by atoms with E-state index in [0.29, 0.717) is 11.3 Å². The lowest BCUT2D eigenvalue weighted by Crippen LogP contribution is -2.21. The summed E-state index contributed by atoms with van der Waals surface area (Å²) in [5, 5.41) is 10.1. The van der Waals surface area contributed by atoms with Crippen LogP contribution < -0.4 is 0 Å². The summed E-state index contributed by atoms with van der Waals surface area (Å²) in [6.45, 7) is 0. The molecule has 0 heterocycles. The van der Waals surface area contributed by atoms with Crippen LogP contribution in [0.5, 0.6) is 0 Å². The van der Waals surface area contributed by atoms with Gasteiger partial charge in [0.1, 0.15) is 0 Å². The molecule has 0 radical (unpaired) electrons. The van der Waals surface area contributed by atoms with E-state index in [2.05, 4.69) is 0 Å². The second-order valence-corrected chi connectivity index (χ2v) is 6.37. The molecule has 1 amide bonds. The zero-order valence-corrected chi connectivity index (χ0v) is 13.7. The normalized spacial score (nSPS) is 12.0. The molecule has 2 rings (SSSR count). The number of hydrogen-bond acceptors (Lipinski definition) is 3. The van der Waals surface area contributed by atoms with Crippen LogP contribution in [0.2, 0.25) is 0 Å². The van der Waals surface area contributed by atoms with Crippen LogP contribution in [0.3, 0.4) is 0 Å². The summed E-state index contributed by atoms with van der Waals surface area (Å²) in [6, 6.07) is 17.3. The van der Waals surface area contributed by atoms with Crippen molar-refractivity contribution in [3.63, 3.8) is 0 Å². The SMILES string of the molecule is CN(C)C(=O)c1cccc(CSC[C@@H](O)c2ccccc2)c1. The molecule has 0 saturated carbocycles. The van der Waals surface area contributed by atoms with Crippen LogP contribution in [0.25, 0.3) is 0 Å². The third-order valence-electron chi connectivity index (χ3n) is 3.31. The lowest BCUT2D eigenvalue weighted by atomic mass is 10.1. The lowest BCUT2D eigenvalue weighted by Gasteiger charge is -2.12. The summed E-state index contributed by atoms with van der Waals surface area (Å²) in [7, 11) is 3.50. The van der Waals surface area contributed by atoms with E-state index in [1.807, 2.05) is 54.6 Å². The van der Waals surface area contributed by atoms with Crippen LogP contribution in [0.15, 0.2) is 54.6 Å². The van der Waals surface area contributed by atoms with Crippen molar-refractivity contribution in [2.45, 2.75) is 11.9 Å². The van der Waals surface area contributed by atoms with Gasteiger partial charge < -0.3 is 10.0 Å². The fourth-order valence-electron chi connectivity index (χ4n) is 2.11. The molecule has 0 saturated heterocycles. The van der Waals surface area contributed by atoms with Gasteiger partial charge in [0.2, 0.25) is 0 Å². The molecule has 1 N–H and O–H groups in total. The van der Waals surface area contributed by atoms with Gasteiger partial charge in [-0.3, -0.25) is 4.79 Å². The van der Waals surface area contributed by atoms with Gasteiger partial charge in [-0.2, -0.15) is 11.8 Å². The highest BCUT2D eigenvalue weighted by atomic mass is 32.2. The van der Waals surface area contributed by atoms with Crippen LogP contribution in [0.1, 0.15) is 27.6 Å². The van der Waals surface area contributed by atoms with Crippen molar-refractivity contribution >= 4 is 17.7 Å². The Morgan fingerprint density at radius 2 is 1.86 bits per heavy atom. The average Bonchev–Trinajstić information content (AvgIpc) is 2.55. The summed E-state index contributed by atoms with van der Waals surface area (Å²) < 4.78 is 0. The molecule has 116 valence electrons. The minimum absolute atomic E-state index is 0.0103. The molecule has 0 unspecified atom stereocenters. The maximum atomic E-state index is 11.9. The van der Waals surface area contributed by atoms with E-state index in [1.165, 1.54) is 0 Å². The molecule has 0 aromatic heterocycles. The van der Waals surface area contributed by atoms with Crippen molar-refractivity contribution in [1.29, 1.82) is 0 Å². The van der Waals surface area contributed by atoms with E-state index in [-0.39, 0.29) is 5.91 Å². The molecule has 4 heteroatoms. The molecule has 1 atom stereocenters. The first-order valence-electron chi connectivity index (χ1n) is 7.19. The van der Waals surface area contributed by atoms with Crippen molar-refractivity contribution in [3.05, 3.63) is 71.3 Å². The Balaban J connectivity index is 1.89. The first-order chi connectivity index (χ1) is 10.6. The van der Waals surface area contributed by atoms with E-state index in [0.717, 1.165) is 16.9 Å². The number of thioether (sulfide) groups is 1. The zero-order valence-electron chi connectivity index (χ0n) is 12.9. The molecule has 0 spiro atoms. The van der Waals surface area contributed by atoms with Crippen molar-refractivity contribution < 1.29 is 9.90 Å². The highest BCUT2D eigenvalue weighted by molar-refractivity contribution is 7.98. The number of nitrogens with zero attached hydrogens (tertiary/aromatic N) is 1. The van der Waals surface area contributed by atoms with Gasteiger partial charge in [-0.15, -0.1) is 0 Å². The monoisotopic (exact) mass is 315 g/mol. The van der Waals surface area contributed by atoms with Crippen LogP contribution in [-0.2, 0) is 5.75 Å². The Bertz CT molecular complexity index is 613. The zero-order chi connectivity index (χ0) is 15.9. The number of aliphatic hydroxyl groups is 1. The van der Waals surface area contributed by atoms with Gasteiger partial charge in [-0.05, 0) is 23.3 Å². The Labute approximate surface area is 136 Å². The molecule has 2 aromatic rings. The smallest absolute Gasteiger partial charge is 0.253 e. The number of amides is 1. The van der Waals surface area contributed by atoms with E-state index in [1.54, 1.807) is 30.8 Å². The molecule has 3 nitrogen and oxygen atoms in total. The van der Waals surface area contributed by atoms with E-state index >= 15 is 0 Å². The maximum Gasteiger partial charge on any atom is 0.253 e. The molecular weight excluding hydrogens is 294 g/mol. The topological polar surface area (TPSA) is 40.5 Å². The first-order valence-corrected chi connectivity index (χ1v) is 8.34. The molecule has 0 bridgehead atoms. The van der Waals surface area contributed by atoms with Gasteiger partial charge in [-0.25, -0.2) is 0 Å². The summed E-state index contributed by atoms with van der Waals surface area (Å²) >= 11 is 1.66. The maximum absolute atomic E-state index is 11.9. The summed E-state index contributed by atoms with van der Waals surface area (Å²) in [5.74, 6) is 1.42. The molecule has 0 aliphatic heterocycles. The summed E-state index contributed by atoms with van der Waals surface area (Å²) in [4.78, 5) is 13.5. The Kier molecular flexibility index (Phi) is 6.04. The minimum Gasteiger partial charge on any atom is -0.388 e. The van der Waals surface area contributed by atoms with Crippen LogP contribution >= 0.6 is 11.8 Å². The fourth-order valence-corrected chi connectivity index (χ4v) is 3.06. The van der Waals surface area contributed by atoms with Crippen molar-refractivity contribution in [3.8, 4) is 0 Å². The van der Waals surface area contributed by atoms with Crippen molar-refractivity contribution in [1.82, 2.24) is 4.90 Å². The summed E-state index contributed by atoms with van der Waals surface area (Å²) in [5.41, 5.74) is 2.73. The summed E-state index contributed by atoms with van der Waals surface area (Å²) in [6.07, 6.45) is -0.460. The second-order valence-electron chi connectivity index (χ2n) is 5.34. The molecular formula is C18H21NO2S. The largest absolute Gasteiger partial charge is 0.388 e. The third-order valence-corrected chi connectivity index (χ3v) is 4.40. The van der Waals surface area contributed by atoms with Gasteiger partial charge in [0.25, 0.3) is 5.91 Å². The van der Waals surface area contributed by atoms with Gasteiger partial charge in [0, 0.05) is 31.2 Å². The van der Waals surface area contributed by atoms with Crippen molar-refractivity contribution in [2.75, 3.05) is 19.8 Å². The van der Waals surface area contributed by atoms with E-state index < -0.39 is 6.10 Å². The van der Waals surface area contributed by atoms with Gasteiger partial charge in [0.15, 0.2) is 0 Å². The van der Waals surface area contributed by atoms with Gasteiger partial charge in [0.05, 0.1) is 6.10 Å². The number of carbonyl (C=O) groups excluding carboxylic acids is 1. The third kappa shape index (κ3) is 4.61. The van der Waals surface area contributed by atoms with Crippen LogP contribution in [0, 0.1) is 0 Å². The van der Waals surface area contributed by atoms with Gasteiger partial charge in [-0.1, -0.05) is 42.5 Å². The van der Waals surface area contributed by atoms with E-state index in [4.69, 9.17) is 0 Å². The first kappa shape index (κ1) is 16.6. The Morgan fingerprint density at radius 3 is 2.55 bits per heavy atom. The van der Waals surface area contributed by atoms with Crippen LogP contribution in [0.4, 0.5) is 0 Å². The standard InChI is InChI=1S/C18H21NO2S/c1-19(2)18(21)16-10-6-7-14(11-16)12-22-13-17(20)15-8-4-3-5-9-15/h3-11,17,20H,12-13H2,1-2H3/t17-/m1/s1. The predicted molar refractivity (Wildman–Crippen MR) is 92.0 cm³/mol. The van der Waals surface area contributed by atoms with Crippen LogP contribution in [-0.4, -0.2) is 35.8 Å². The molecule has 0 fully saturated rings. The number of benzene rings is 2. The molecule has 2 aromatic carbocycles. The molecule has 0 aliphatic carbocycles. The number of hydrogen-bond donors (Lipinski definition) is 1. The quantitative estimate of drug-likeness (QED) is 0.888. The lowest BCUT2D eigenvalue weighted by molar-refractivity contribution is 0.0827. The minimum atomic E-state index is -0.460. The predicted octanol–water partition coefficient (Wildman–Crippen LogP) is 3.36. The Morgan fingerprint density at radius 1 is 1.14 bits per heavy atom. The van der Waals surface area contributed by atoms with Crippen molar-refractivity contribution in [2.24, 2.45) is 0 Å². The fraction of sp³-hybridized carbons (Fsp3) is 0.278. The molecule has 22 heavy (non-hydrogen) atoms. The highest BCUT2D eigenvalue weighted by Crippen LogP contribution is 2.21. The molecule has 0 aliphatic rings. The Hall–Kier alpha value is -1.78. The second kappa shape index (κ2) is 8.01. The number of carbonyl (C=O) groups is 1. The number of rotatable bonds is 6. The average molecular weight is 315 g/mol.